The lowest BCUT2D eigenvalue weighted by Gasteiger charge is -2.46. The maximum Gasteiger partial charge on any atom is 0.123 e. The van der Waals surface area contributed by atoms with Crippen LogP contribution in [-0.4, -0.2) is 42.3 Å². The largest absolute Gasteiger partial charge is 0.373 e. The zero-order valence-corrected chi connectivity index (χ0v) is 12.6. The SMILES string of the molecule is C[C@@H]1CN(C(C)(CN)Cc2cccc(F)c2)C[C@H](C)O1. The van der Waals surface area contributed by atoms with Crippen LogP contribution in [0.2, 0.25) is 0 Å². The van der Waals surface area contributed by atoms with Gasteiger partial charge in [-0.15, -0.1) is 0 Å². The van der Waals surface area contributed by atoms with E-state index in [4.69, 9.17) is 10.5 Å². The predicted octanol–water partition coefficient (Wildman–Crippen LogP) is 2.19. The monoisotopic (exact) mass is 280 g/mol. The van der Waals surface area contributed by atoms with Crippen LogP contribution in [0.1, 0.15) is 26.3 Å². The van der Waals surface area contributed by atoms with Crippen molar-refractivity contribution in [2.24, 2.45) is 5.73 Å². The second kappa shape index (κ2) is 6.20. The van der Waals surface area contributed by atoms with Crippen LogP contribution in [0.5, 0.6) is 0 Å². The van der Waals surface area contributed by atoms with E-state index in [0.29, 0.717) is 6.54 Å². The summed E-state index contributed by atoms with van der Waals surface area (Å²) < 4.78 is 19.1. The molecule has 0 saturated carbocycles. The van der Waals surface area contributed by atoms with E-state index in [2.05, 4.69) is 25.7 Å². The summed E-state index contributed by atoms with van der Waals surface area (Å²) in [6.07, 6.45) is 1.16. The number of hydrogen-bond donors (Lipinski definition) is 1. The molecule has 0 spiro atoms. The molecule has 0 radical (unpaired) electrons. The zero-order valence-electron chi connectivity index (χ0n) is 12.6. The van der Waals surface area contributed by atoms with Crippen LogP contribution in [0.15, 0.2) is 24.3 Å². The number of morpholine rings is 1. The Morgan fingerprint density at radius 1 is 1.35 bits per heavy atom. The number of benzene rings is 1. The lowest BCUT2D eigenvalue weighted by Crippen LogP contribution is -2.60. The van der Waals surface area contributed by atoms with E-state index in [-0.39, 0.29) is 23.6 Å². The molecule has 1 aromatic carbocycles. The molecule has 0 aliphatic carbocycles. The van der Waals surface area contributed by atoms with Crippen LogP contribution in [0.25, 0.3) is 0 Å². The quantitative estimate of drug-likeness (QED) is 0.919. The van der Waals surface area contributed by atoms with E-state index in [1.54, 1.807) is 12.1 Å². The molecule has 0 aromatic heterocycles. The van der Waals surface area contributed by atoms with E-state index in [1.807, 2.05) is 6.07 Å². The molecule has 1 aliphatic heterocycles. The average Bonchev–Trinajstić information content (AvgIpc) is 2.37. The van der Waals surface area contributed by atoms with Gasteiger partial charge in [-0.1, -0.05) is 12.1 Å². The maximum absolute atomic E-state index is 13.3. The van der Waals surface area contributed by atoms with Crippen LogP contribution in [0.3, 0.4) is 0 Å². The van der Waals surface area contributed by atoms with Gasteiger partial charge in [-0.3, -0.25) is 4.90 Å². The van der Waals surface area contributed by atoms with Crippen molar-refractivity contribution in [3.05, 3.63) is 35.6 Å². The summed E-state index contributed by atoms with van der Waals surface area (Å²) in [5.74, 6) is -0.189. The molecule has 1 aromatic rings. The second-order valence-corrected chi connectivity index (χ2v) is 6.17. The smallest absolute Gasteiger partial charge is 0.123 e. The first-order chi connectivity index (χ1) is 9.43. The van der Waals surface area contributed by atoms with Crippen LogP contribution in [0.4, 0.5) is 4.39 Å². The fourth-order valence-electron chi connectivity index (χ4n) is 3.02. The molecule has 1 heterocycles. The zero-order chi connectivity index (χ0) is 14.8. The first-order valence-corrected chi connectivity index (χ1v) is 7.28. The van der Waals surface area contributed by atoms with E-state index < -0.39 is 0 Å². The van der Waals surface area contributed by atoms with Crippen LogP contribution >= 0.6 is 0 Å². The molecule has 3 atom stereocenters. The van der Waals surface area contributed by atoms with Crippen molar-refractivity contribution in [1.29, 1.82) is 0 Å². The van der Waals surface area contributed by atoms with Crippen molar-refractivity contribution < 1.29 is 9.13 Å². The summed E-state index contributed by atoms with van der Waals surface area (Å²) >= 11 is 0. The van der Waals surface area contributed by atoms with Crippen LogP contribution < -0.4 is 5.73 Å². The molecule has 112 valence electrons. The van der Waals surface area contributed by atoms with Gasteiger partial charge in [-0.2, -0.15) is 0 Å². The van der Waals surface area contributed by atoms with Crippen molar-refractivity contribution in [3.63, 3.8) is 0 Å². The average molecular weight is 280 g/mol. The van der Waals surface area contributed by atoms with Crippen molar-refractivity contribution in [1.82, 2.24) is 4.90 Å². The topological polar surface area (TPSA) is 38.5 Å². The van der Waals surface area contributed by atoms with Crippen molar-refractivity contribution in [3.8, 4) is 0 Å². The molecule has 1 aliphatic rings. The highest BCUT2D eigenvalue weighted by Crippen LogP contribution is 2.25. The molecule has 2 rings (SSSR count). The van der Waals surface area contributed by atoms with Crippen LogP contribution in [0, 0.1) is 5.82 Å². The minimum atomic E-state index is -0.189. The summed E-state index contributed by atoms with van der Waals surface area (Å²) in [6.45, 7) is 8.61. The fraction of sp³-hybridized carbons (Fsp3) is 0.625. The van der Waals surface area contributed by atoms with E-state index in [9.17, 15) is 4.39 Å². The van der Waals surface area contributed by atoms with Gasteiger partial charge in [-0.05, 0) is 44.9 Å². The van der Waals surface area contributed by atoms with Gasteiger partial charge in [-0.25, -0.2) is 4.39 Å². The van der Waals surface area contributed by atoms with Gasteiger partial charge < -0.3 is 10.5 Å². The molecule has 1 unspecified atom stereocenters. The third kappa shape index (κ3) is 3.57. The molecule has 1 fully saturated rings. The first-order valence-electron chi connectivity index (χ1n) is 7.28. The molecule has 20 heavy (non-hydrogen) atoms. The minimum absolute atomic E-state index is 0.167. The number of rotatable bonds is 4. The molecule has 0 bridgehead atoms. The third-order valence-electron chi connectivity index (χ3n) is 4.10. The van der Waals surface area contributed by atoms with Gasteiger partial charge in [0, 0.05) is 25.2 Å². The maximum atomic E-state index is 13.3. The Kier molecular flexibility index (Phi) is 4.78. The summed E-state index contributed by atoms with van der Waals surface area (Å²) in [6, 6.07) is 6.79. The first kappa shape index (κ1) is 15.4. The summed E-state index contributed by atoms with van der Waals surface area (Å²) in [7, 11) is 0. The second-order valence-electron chi connectivity index (χ2n) is 6.17. The van der Waals surface area contributed by atoms with Gasteiger partial charge in [0.25, 0.3) is 0 Å². The third-order valence-corrected chi connectivity index (χ3v) is 4.10. The number of hydrogen-bond acceptors (Lipinski definition) is 3. The Morgan fingerprint density at radius 2 is 2.00 bits per heavy atom. The van der Waals surface area contributed by atoms with Gasteiger partial charge >= 0.3 is 0 Å². The van der Waals surface area contributed by atoms with Crippen molar-refractivity contribution in [2.75, 3.05) is 19.6 Å². The Labute approximate surface area is 120 Å². The summed E-state index contributed by atoms with van der Waals surface area (Å²) in [4.78, 5) is 2.39. The number of nitrogens with zero attached hydrogens (tertiary/aromatic N) is 1. The highest BCUT2D eigenvalue weighted by Gasteiger charge is 2.35. The fourth-order valence-corrected chi connectivity index (χ4v) is 3.02. The van der Waals surface area contributed by atoms with Gasteiger partial charge in [0.05, 0.1) is 12.2 Å². The molecule has 4 heteroatoms. The van der Waals surface area contributed by atoms with Crippen molar-refractivity contribution >= 4 is 0 Å². The Hall–Kier alpha value is -0.970. The normalized spacial score (nSPS) is 27.2. The molecular weight excluding hydrogens is 255 g/mol. The summed E-state index contributed by atoms with van der Waals surface area (Å²) in [5.41, 5.74) is 6.86. The highest BCUT2D eigenvalue weighted by atomic mass is 19.1. The molecule has 3 nitrogen and oxygen atoms in total. The highest BCUT2D eigenvalue weighted by molar-refractivity contribution is 5.19. The number of nitrogens with two attached hydrogens (primary N) is 1. The van der Waals surface area contributed by atoms with E-state index in [1.165, 1.54) is 6.07 Å². The van der Waals surface area contributed by atoms with Gasteiger partial charge in [0.15, 0.2) is 0 Å². The Balaban J connectivity index is 2.15. The summed E-state index contributed by atoms with van der Waals surface area (Å²) in [5, 5.41) is 0. The Morgan fingerprint density at radius 3 is 2.55 bits per heavy atom. The molecule has 0 amide bonds. The van der Waals surface area contributed by atoms with Gasteiger partial charge in [0.2, 0.25) is 0 Å². The standard InChI is InChI=1S/C16H25FN2O/c1-12-9-19(10-13(2)20-12)16(3,11-18)8-14-5-4-6-15(17)7-14/h4-7,12-13H,8-11,18H2,1-3H3/t12-,13+,16?. The molecule has 2 N–H and O–H groups in total. The van der Waals surface area contributed by atoms with Gasteiger partial charge in [0.1, 0.15) is 5.82 Å². The van der Waals surface area contributed by atoms with E-state index >= 15 is 0 Å². The van der Waals surface area contributed by atoms with Crippen LogP contribution in [-0.2, 0) is 11.2 Å². The number of halogens is 1. The lowest BCUT2D eigenvalue weighted by molar-refractivity contribution is -0.0972. The lowest BCUT2D eigenvalue weighted by atomic mass is 9.89. The van der Waals surface area contributed by atoms with Crippen molar-refractivity contribution in [2.45, 2.75) is 44.9 Å². The minimum Gasteiger partial charge on any atom is -0.373 e. The Bertz CT molecular complexity index is 444. The molecule has 1 saturated heterocycles. The molecular formula is C16H25FN2O. The number of ether oxygens (including phenoxy) is 1. The predicted molar refractivity (Wildman–Crippen MR) is 79.1 cm³/mol. The van der Waals surface area contributed by atoms with E-state index in [0.717, 1.165) is 25.1 Å².